The molecule has 6 heteroatoms. The topological polar surface area (TPSA) is 45.5 Å². The fourth-order valence-electron chi connectivity index (χ4n) is 1.23. The fraction of sp³-hybridized carbons (Fsp3) is 0. The Bertz CT molecular complexity index is 576. The molecule has 3 nitrogen and oxygen atoms in total. The molecule has 1 aromatic carbocycles. The van der Waals surface area contributed by atoms with Crippen molar-refractivity contribution in [3.05, 3.63) is 52.1 Å². The Kier molecular flexibility index (Phi) is 5.63. The molecular formula is C12H8Cl2CuN2O+2. The molecule has 0 aliphatic carbocycles. The van der Waals surface area contributed by atoms with E-state index in [4.69, 9.17) is 23.2 Å². The van der Waals surface area contributed by atoms with Gasteiger partial charge in [0.05, 0.1) is 10.0 Å². The number of hydrogen-bond acceptors (Lipinski definition) is 3. The summed E-state index contributed by atoms with van der Waals surface area (Å²) in [6.45, 7) is 0. The molecular weight excluding hydrogens is 323 g/mol. The number of phenolic OH excluding ortho intramolecular Hbond substituents is 1. The minimum Gasteiger partial charge on any atom is -0.507 e. The molecule has 18 heavy (non-hydrogen) atoms. The Labute approximate surface area is 125 Å². The van der Waals surface area contributed by atoms with Crippen LogP contribution in [-0.2, 0) is 17.1 Å². The second-order valence-corrected chi connectivity index (χ2v) is 4.12. The van der Waals surface area contributed by atoms with Crippen LogP contribution in [0.4, 0.5) is 5.82 Å². The smallest absolute Gasteiger partial charge is 0.507 e. The van der Waals surface area contributed by atoms with Crippen LogP contribution >= 0.6 is 23.2 Å². The van der Waals surface area contributed by atoms with Gasteiger partial charge in [-0.2, -0.15) is 0 Å². The summed E-state index contributed by atoms with van der Waals surface area (Å²) in [6, 6.07) is 8.42. The number of aromatic nitrogens is 1. The Hall–Kier alpha value is -1.06. The number of aromatic hydroxyl groups is 1. The van der Waals surface area contributed by atoms with Crippen LogP contribution in [0.25, 0.3) is 0 Å². The molecule has 0 amide bonds. The Balaban J connectivity index is 0.00000162. The van der Waals surface area contributed by atoms with Gasteiger partial charge in [0.2, 0.25) is 0 Å². The first-order valence-corrected chi connectivity index (χ1v) is 5.55. The first-order chi connectivity index (χ1) is 8.16. The summed E-state index contributed by atoms with van der Waals surface area (Å²) in [4.78, 5) is 8.07. The van der Waals surface area contributed by atoms with Crippen molar-refractivity contribution in [1.82, 2.24) is 4.98 Å². The minimum atomic E-state index is 0. The molecule has 0 bridgehead atoms. The maximum absolute atomic E-state index is 9.54. The van der Waals surface area contributed by atoms with Crippen molar-refractivity contribution < 1.29 is 22.2 Å². The van der Waals surface area contributed by atoms with Gasteiger partial charge in [-0.3, -0.25) is 0 Å². The van der Waals surface area contributed by atoms with Gasteiger partial charge in [-0.15, -0.1) is 0 Å². The Morgan fingerprint density at radius 3 is 2.61 bits per heavy atom. The van der Waals surface area contributed by atoms with Crippen LogP contribution < -0.4 is 0 Å². The maximum atomic E-state index is 9.54. The standard InChI is InChI=1S/C12H8Cl2N2O.Cu/c13-9-5-10(14)12(16-7-9)15-6-8-3-1-2-4-11(8)17;/h1-7,17H;/q;+2. The number of rotatable bonds is 2. The van der Waals surface area contributed by atoms with E-state index < -0.39 is 0 Å². The Morgan fingerprint density at radius 2 is 1.94 bits per heavy atom. The molecule has 95 valence electrons. The summed E-state index contributed by atoms with van der Waals surface area (Å²) >= 11 is 11.6. The first kappa shape index (κ1) is 15.0. The van der Waals surface area contributed by atoms with Gasteiger partial charge in [-0.25, -0.2) is 9.98 Å². The molecule has 0 aliphatic heterocycles. The molecule has 0 spiro atoms. The molecule has 0 unspecified atom stereocenters. The largest absolute Gasteiger partial charge is 2.00 e. The first-order valence-electron chi connectivity index (χ1n) is 4.80. The average molecular weight is 331 g/mol. The molecule has 0 aliphatic rings. The predicted molar refractivity (Wildman–Crippen MR) is 69.6 cm³/mol. The summed E-state index contributed by atoms with van der Waals surface area (Å²) < 4.78 is 0. The van der Waals surface area contributed by atoms with Crippen LogP contribution in [0, 0.1) is 0 Å². The van der Waals surface area contributed by atoms with Crippen LogP contribution in [0.2, 0.25) is 10.0 Å². The van der Waals surface area contributed by atoms with Gasteiger partial charge < -0.3 is 5.11 Å². The van der Waals surface area contributed by atoms with Crippen molar-refractivity contribution in [3.8, 4) is 5.75 Å². The molecule has 0 fully saturated rings. The third-order valence-corrected chi connectivity index (χ3v) is 2.54. The van der Waals surface area contributed by atoms with Gasteiger partial charge >= 0.3 is 17.1 Å². The third-order valence-electron chi connectivity index (χ3n) is 2.05. The van der Waals surface area contributed by atoms with Crippen molar-refractivity contribution >= 4 is 35.2 Å². The number of hydrogen-bond donors (Lipinski definition) is 1. The van der Waals surface area contributed by atoms with E-state index in [1.165, 1.54) is 12.4 Å². The zero-order valence-corrected chi connectivity index (χ0v) is 11.4. The molecule has 0 saturated carbocycles. The van der Waals surface area contributed by atoms with E-state index >= 15 is 0 Å². The SMILES string of the molecule is Oc1ccccc1C=Nc1ncc(Cl)cc1Cl.[Cu+2]. The second-order valence-electron chi connectivity index (χ2n) is 3.28. The third kappa shape index (κ3) is 3.72. The van der Waals surface area contributed by atoms with Crippen LogP contribution in [-0.4, -0.2) is 16.3 Å². The molecule has 1 heterocycles. The average Bonchev–Trinajstić information content (AvgIpc) is 2.30. The van der Waals surface area contributed by atoms with E-state index in [-0.39, 0.29) is 22.8 Å². The molecule has 1 radical (unpaired) electrons. The quantitative estimate of drug-likeness (QED) is 0.671. The summed E-state index contributed by atoms with van der Waals surface area (Å²) in [5.41, 5.74) is 0.598. The van der Waals surface area contributed by atoms with Crippen molar-refractivity contribution in [2.75, 3.05) is 0 Å². The van der Waals surface area contributed by atoms with E-state index in [1.54, 1.807) is 30.3 Å². The molecule has 1 aromatic heterocycles. The van der Waals surface area contributed by atoms with Gasteiger partial charge in [0.15, 0.2) is 5.82 Å². The Morgan fingerprint density at radius 1 is 1.22 bits per heavy atom. The molecule has 1 N–H and O–H groups in total. The van der Waals surface area contributed by atoms with Crippen molar-refractivity contribution in [2.45, 2.75) is 0 Å². The summed E-state index contributed by atoms with van der Waals surface area (Å²) in [7, 11) is 0. The van der Waals surface area contributed by atoms with E-state index in [2.05, 4.69) is 9.98 Å². The van der Waals surface area contributed by atoms with Crippen LogP contribution in [0.1, 0.15) is 5.56 Å². The van der Waals surface area contributed by atoms with E-state index in [1.807, 2.05) is 0 Å². The normalized spacial score (nSPS) is 10.3. The number of halogens is 2. The summed E-state index contributed by atoms with van der Waals surface area (Å²) in [5, 5.41) is 10.4. The maximum Gasteiger partial charge on any atom is 2.00 e. The van der Waals surface area contributed by atoms with Gasteiger partial charge in [-0.1, -0.05) is 35.3 Å². The molecule has 2 rings (SSSR count). The van der Waals surface area contributed by atoms with Crippen molar-refractivity contribution in [3.63, 3.8) is 0 Å². The van der Waals surface area contributed by atoms with Crippen LogP contribution in [0.5, 0.6) is 5.75 Å². The summed E-state index contributed by atoms with van der Waals surface area (Å²) in [6.07, 6.45) is 2.96. The molecule has 0 atom stereocenters. The van der Waals surface area contributed by atoms with Crippen LogP contribution in [0.3, 0.4) is 0 Å². The van der Waals surface area contributed by atoms with Crippen LogP contribution in [0.15, 0.2) is 41.5 Å². The number of pyridine rings is 1. The van der Waals surface area contributed by atoms with Crippen molar-refractivity contribution in [2.24, 2.45) is 4.99 Å². The second kappa shape index (κ2) is 6.76. The molecule has 2 aromatic rings. The number of phenols is 1. The van der Waals surface area contributed by atoms with Gasteiger partial charge in [0, 0.05) is 18.0 Å². The molecule has 0 saturated heterocycles. The predicted octanol–water partition coefficient (Wildman–Crippen LogP) is 3.84. The van der Waals surface area contributed by atoms with E-state index in [0.29, 0.717) is 21.4 Å². The number of aliphatic imine (C=N–C) groups is 1. The number of para-hydroxylation sites is 1. The van der Waals surface area contributed by atoms with E-state index in [9.17, 15) is 5.11 Å². The zero-order chi connectivity index (χ0) is 12.3. The fourth-order valence-corrected chi connectivity index (χ4v) is 1.66. The minimum absolute atomic E-state index is 0. The van der Waals surface area contributed by atoms with Gasteiger partial charge in [0.1, 0.15) is 5.75 Å². The summed E-state index contributed by atoms with van der Waals surface area (Å²) in [5.74, 6) is 0.514. The van der Waals surface area contributed by atoms with Crippen molar-refractivity contribution in [1.29, 1.82) is 0 Å². The number of nitrogens with zero attached hydrogens (tertiary/aromatic N) is 2. The van der Waals surface area contributed by atoms with Gasteiger partial charge in [0.25, 0.3) is 0 Å². The van der Waals surface area contributed by atoms with Gasteiger partial charge in [-0.05, 0) is 18.2 Å². The van der Waals surface area contributed by atoms with E-state index in [0.717, 1.165) is 0 Å². The monoisotopic (exact) mass is 329 g/mol. The number of benzene rings is 1. The zero-order valence-electron chi connectivity index (χ0n) is 8.94.